The van der Waals surface area contributed by atoms with Crippen LogP contribution in [-0.2, 0) is 28.7 Å². The van der Waals surface area contributed by atoms with Crippen LogP contribution in [-0.4, -0.2) is 87.0 Å². The number of rotatable bonds is 8. The standard InChI is InChI=1S/C43H59N5O7/c1-40(2,3)38(51)47-24-30(54-42(7,8)9)21-32(47)35(49)45-28-17-13-26(14-18-28)34-23-44-37(53-34)27-15-19-29(20-16-27)46-36(50)33-22-31(55-43(10,11)12)25-48(33)39(52)41(4,5)6/h13-20,23,30-33H,21-22,24-25H2,1-12H3,(H,45,49)(H,46,50). The van der Waals surface area contributed by atoms with Gasteiger partial charge in [0, 0.05) is 59.3 Å². The second-order valence-corrected chi connectivity index (χ2v) is 18.8. The Morgan fingerprint density at radius 2 is 1.00 bits per heavy atom. The number of carbonyl (C=O) groups excluding carboxylic acids is 4. The largest absolute Gasteiger partial charge is 0.436 e. The van der Waals surface area contributed by atoms with Gasteiger partial charge in [-0.05, 0) is 90.1 Å². The van der Waals surface area contributed by atoms with E-state index < -0.39 is 34.1 Å². The van der Waals surface area contributed by atoms with Crippen LogP contribution >= 0.6 is 0 Å². The maximum Gasteiger partial charge on any atom is 0.247 e. The maximum absolute atomic E-state index is 13.5. The number of anilines is 2. The van der Waals surface area contributed by atoms with Gasteiger partial charge in [0.15, 0.2) is 5.76 Å². The van der Waals surface area contributed by atoms with E-state index in [4.69, 9.17) is 13.9 Å². The highest BCUT2D eigenvalue weighted by Crippen LogP contribution is 2.33. The molecule has 0 aliphatic carbocycles. The molecule has 298 valence electrons. The molecule has 2 N–H and O–H groups in total. The molecule has 5 rings (SSSR count). The molecule has 0 bridgehead atoms. The van der Waals surface area contributed by atoms with E-state index in [1.807, 2.05) is 107 Å². The molecule has 12 heteroatoms. The van der Waals surface area contributed by atoms with E-state index >= 15 is 0 Å². The molecule has 2 aliphatic heterocycles. The average Bonchev–Trinajstić information content (AvgIpc) is 3.81. The molecule has 0 saturated carbocycles. The van der Waals surface area contributed by atoms with Crippen molar-refractivity contribution in [3.8, 4) is 22.8 Å². The van der Waals surface area contributed by atoms with Crippen LogP contribution in [0.4, 0.5) is 11.4 Å². The summed E-state index contributed by atoms with van der Waals surface area (Å²) in [5, 5.41) is 5.97. The molecule has 2 aliphatic rings. The lowest BCUT2D eigenvalue weighted by Crippen LogP contribution is -2.47. The first-order valence-electron chi connectivity index (χ1n) is 19.1. The highest BCUT2D eigenvalue weighted by molar-refractivity contribution is 5.99. The van der Waals surface area contributed by atoms with Crippen molar-refractivity contribution in [2.75, 3.05) is 23.7 Å². The third-order valence-corrected chi connectivity index (χ3v) is 9.32. The first-order chi connectivity index (χ1) is 25.4. The molecule has 12 nitrogen and oxygen atoms in total. The summed E-state index contributed by atoms with van der Waals surface area (Å²) in [4.78, 5) is 61.4. The Labute approximate surface area is 325 Å². The van der Waals surface area contributed by atoms with Gasteiger partial charge in [0.25, 0.3) is 0 Å². The van der Waals surface area contributed by atoms with Gasteiger partial charge in [-0.1, -0.05) is 41.5 Å². The molecule has 4 unspecified atom stereocenters. The van der Waals surface area contributed by atoms with Crippen molar-refractivity contribution in [2.45, 2.75) is 131 Å². The van der Waals surface area contributed by atoms with Crippen molar-refractivity contribution in [3.63, 3.8) is 0 Å². The zero-order chi connectivity index (χ0) is 40.7. The molecule has 2 fully saturated rings. The predicted molar refractivity (Wildman–Crippen MR) is 213 cm³/mol. The number of nitrogens with one attached hydrogen (secondary N) is 2. The van der Waals surface area contributed by atoms with Crippen molar-refractivity contribution in [2.24, 2.45) is 10.8 Å². The number of hydrogen-bond donors (Lipinski definition) is 2. The van der Waals surface area contributed by atoms with Gasteiger partial charge in [0.1, 0.15) is 12.1 Å². The van der Waals surface area contributed by atoms with Gasteiger partial charge in [0.05, 0.1) is 29.6 Å². The highest BCUT2D eigenvalue weighted by atomic mass is 16.5. The molecule has 3 heterocycles. The number of benzene rings is 2. The van der Waals surface area contributed by atoms with E-state index in [9.17, 15) is 19.2 Å². The minimum Gasteiger partial charge on any atom is -0.436 e. The first kappa shape index (κ1) is 41.6. The van der Waals surface area contributed by atoms with Crippen LogP contribution < -0.4 is 10.6 Å². The summed E-state index contributed by atoms with van der Waals surface area (Å²) in [5.74, 6) is 0.246. The Morgan fingerprint density at radius 3 is 1.36 bits per heavy atom. The van der Waals surface area contributed by atoms with E-state index in [-0.39, 0.29) is 35.8 Å². The third-order valence-electron chi connectivity index (χ3n) is 9.32. The predicted octanol–water partition coefficient (Wildman–Crippen LogP) is 7.55. The van der Waals surface area contributed by atoms with Crippen molar-refractivity contribution < 1.29 is 33.1 Å². The lowest BCUT2D eigenvalue weighted by Gasteiger charge is -2.30. The zero-order valence-corrected chi connectivity index (χ0v) is 34.5. The summed E-state index contributed by atoms with van der Waals surface area (Å²) in [5.41, 5.74) is 0.595. The normalized spacial score (nSPS) is 20.8. The minimum atomic E-state index is -0.650. The Kier molecular flexibility index (Phi) is 11.8. The van der Waals surface area contributed by atoms with Crippen molar-refractivity contribution in [1.82, 2.24) is 14.8 Å². The molecular weight excluding hydrogens is 699 g/mol. The number of likely N-dealkylation sites (tertiary alicyclic amines) is 2. The summed E-state index contributed by atoms with van der Waals surface area (Å²) < 4.78 is 18.5. The quantitative estimate of drug-likeness (QED) is 0.240. The number of oxazole rings is 1. The zero-order valence-electron chi connectivity index (χ0n) is 34.5. The van der Waals surface area contributed by atoms with Gasteiger partial charge in [0.2, 0.25) is 29.5 Å². The van der Waals surface area contributed by atoms with E-state index in [0.717, 1.165) is 11.1 Å². The van der Waals surface area contributed by atoms with Crippen LogP contribution in [0.2, 0.25) is 0 Å². The topological polar surface area (TPSA) is 143 Å². The monoisotopic (exact) mass is 757 g/mol. The lowest BCUT2D eigenvalue weighted by atomic mass is 9.94. The Hall–Kier alpha value is -4.55. The fourth-order valence-electron chi connectivity index (χ4n) is 6.98. The smallest absolute Gasteiger partial charge is 0.247 e. The van der Waals surface area contributed by atoms with Crippen LogP contribution in [0.3, 0.4) is 0 Å². The van der Waals surface area contributed by atoms with E-state index in [1.54, 1.807) is 40.3 Å². The Bertz CT molecular complexity index is 1720. The third kappa shape index (κ3) is 10.6. The lowest BCUT2D eigenvalue weighted by molar-refractivity contribution is -0.144. The molecule has 0 spiro atoms. The molecular formula is C43H59N5O7. The van der Waals surface area contributed by atoms with E-state index in [0.29, 0.717) is 49.0 Å². The van der Waals surface area contributed by atoms with Crippen LogP contribution in [0, 0.1) is 10.8 Å². The fraction of sp³-hybridized carbons (Fsp3) is 0.558. The van der Waals surface area contributed by atoms with E-state index in [1.165, 1.54) is 0 Å². The average molecular weight is 758 g/mol. The fourth-order valence-corrected chi connectivity index (χ4v) is 6.98. The second kappa shape index (κ2) is 15.5. The van der Waals surface area contributed by atoms with E-state index in [2.05, 4.69) is 15.6 Å². The molecule has 2 aromatic carbocycles. The molecule has 3 aromatic rings. The molecule has 2 saturated heterocycles. The number of ether oxygens (including phenoxy) is 2. The molecule has 0 radical (unpaired) electrons. The van der Waals surface area contributed by atoms with Crippen molar-refractivity contribution >= 4 is 35.0 Å². The number of hydrogen-bond acceptors (Lipinski definition) is 8. The number of amides is 4. The molecule has 4 amide bonds. The second-order valence-electron chi connectivity index (χ2n) is 18.8. The van der Waals surface area contributed by atoms with Crippen molar-refractivity contribution in [1.29, 1.82) is 0 Å². The van der Waals surface area contributed by atoms with Gasteiger partial charge in [-0.3, -0.25) is 19.2 Å². The van der Waals surface area contributed by atoms with Gasteiger partial charge in [-0.2, -0.15) is 0 Å². The minimum absolute atomic E-state index is 0.0893. The highest BCUT2D eigenvalue weighted by Gasteiger charge is 2.45. The van der Waals surface area contributed by atoms with Gasteiger partial charge in [-0.25, -0.2) is 4.98 Å². The van der Waals surface area contributed by atoms with Gasteiger partial charge < -0.3 is 34.3 Å². The van der Waals surface area contributed by atoms with Crippen LogP contribution in [0.5, 0.6) is 0 Å². The van der Waals surface area contributed by atoms with Crippen molar-refractivity contribution in [3.05, 3.63) is 54.7 Å². The number of nitrogens with zero attached hydrogens (tertiary/aromatic N) is 3. The summed E-state index contributed by atoms with van der Waals surface area (Å²) >= 11 is 0. The Morgan fingerprint density at radius 1 is 0.618 bits per heavy atom. The summed E-state index contributed by atoms with van der Waals surface area (Å²) in [6, 6.07) is 13.1. The van der Waals surface area contributed by atoms with Gasteiger partial charge >= 0.3 is 0 Å². The summed E-state index contributed by atoms with van der Waals surface area (Å²) in [7, 11) is 0. The maximum atomic E-state index is 13.5. The first-order valence-corrected chi connectivity index (χ1v) is 19.1. The molecule has 4 atom stereocenters. The Balaban J connectivity index is 1.22. The number of aromatic nitrogens is 1. The molecule has 1 aromatic heterocycles. The SMILES string of the molecule is CC(C)(C)OC1CC(C(=O)Nc2ccc(-c3cnc(-c4ccc(NC(=O)C5CC(OC(C)(C)C)CN5C(=O)C(C)(C)C)cc4)o3)cc2)N(C(=O)C(C)(C)C)C1. The van der Waals surface area contributed by atoms with Crippen LogP contribution in [0.15, 0.2) is 59.1 Å². The van der Waals surface area contributed by atoms with Gasteiger partial charge in [-0.15, -0.1) is 0 Å². The number of carbonyl (C=O) groups is 4. The summed E-state index contributed by atoms with van der Waals surface area (Å²) in [6.45, 7) is 23.7. The summed E-state index contributed by atoms with van der Waals surface area (Å²) in [6.07, 6.45) is 1.99. The van der Waals surface area contributed by atoms with Crippen LogP contribution in [0.25, 0.3) is 22.8 Å². The molecule has 55 heavy (non-hydrogen) atoms. The van der Waals surface area contributed by atoms with Crippen LogP contribution in [0.1, 0.15) is 95.9 Å².